The molecule has 80 valence electrons. The molecule has 0 aliphatic carbocycles. The highest BCUT2D eigenvalue weighted by Crippen LogP contribution is 2.47. The Morgan fingerprint density at radius 3 is 2.08 bits per heavy atom. The summed E-state index contributed by atoms with van der Waals surface area (Å²) < 4.78 is 50.9. The van der Waals surface area contributed by atoms with Gasteiger partial charge in [0.05, 0.1) is 12.7 Å². The Morgan fingerprint density at radius 2 is 1.77 bits per heavy atom. The van der Waals surface area contributed by atoms with Gasteiger partial charge in [0.1, 0.15) is 0 Å². The number of hydrogen-bond donors (Lipinski definition) is 2. The van der Waals surface area contributed by atoms with Crippen molar-refractivity contribution in [3.05, 3.63) is 0 Å². The zero-order chi connectivity index (χ0) is 10.7. The first-order valence-corrected chi connectivity index (χ1v) is 5.92. The molecule has 0 saturated carbocycles. The van der Waals surface area contributed by atoms with E-state index < -0.39 is 28.5 Å². The fourth-order valence-electron chi connectivity index (χ4n) is 0.449. The molecule has 3 atom stereocenters. The Morgan fingerprint density at radius 1 is 1.31 bits per heavy atom. The number of rotatable bonds is 5. The second kappa shape index (κ2) is 4.59. The summed E-state index contributed by atoms with van der Waals surface area (Å²) in [7, 11) is -10.3. The van der Waals surface area contributed by atoms with E-state index in [-0.39, 0.29) is 0 Å². The molecule has 0 aromatic carbocycles. The van der Waals surface area contributed by atoms with E-state index in [0.29, 0.717) is 0 Å². The molecule has 0 fully saturated rings. The van der Waals surface area contributed by atoms with Gasteiger partial charge in [-0.3, -0.25) is 18.8 Å². The van der Waals surface area contributed by atoms with Crippen LogP contribution in [0.25, 0.3) is 0 Å². The van der Waals surface area contributed by atoms with Gasteiger partial charge in [-0.2, -0.15) is 0 Å². The summed E-state index contributed by atoms with van der Waals surface area (Å²) in [5.74, 6) is 0. The van der Waals surface area contributed by atoms with Crippen molar-refractivity contribution < 1.29 is 36.4 Å². The van der Waals surface area contributed by atoms with E-state index in [1.807, 2.05) is 0 Å². The van der Waals surface area contributed by atoms with Gasteiger partial charge >= 0.3 is 15.8 Å². The summed E-state index contributed by atoms with van der Waals surface area (Å²) in [6.07, 6.45) is -1.31. The lowest BCUT2D eigenvalue weighted by atomic mass is 10.5. The molecule has 0 aromatic rings. The molecule has 2 N–H and O–H groups in total. The van der Waals surface area contributed by atoms with E-state index in [4.69, 9.17) is 9.79 Å². The van der Waals surface area contributed by atoms with Gasteiger partial charge < -0.3 is 0 Å². The molecular weight excluding hydrogens is 232 g/mol. The van der Waals surface area contributed by atoms with Crippen LogP contribution in [-0.4, -0.2) is 22.5 Å². The minimum atomic E-state index is -5.18. The molecule has 0 bridgehead atoms. The van der Waals surface area contributed by atoms with E-state index in [1.54, 1.807) is 0 Å². The highest BCUT2D eigenvalue weighted by molar-refractivity contribution is 7.47. The van der Waals surface area contributed by atoms with E-state index >= 15 is 0 Å². The predicted octanol–water partition coefficient (Wildman–Crippen LogP) is 1.55. The molecule has 0 amide bonds. The molecule has 0 rings (SSSR count). The predicted molar refractivity (Wildman–Crippen MR) is 38.4 cm³/mol. The SMILES string of the molecule is CC(COP(=O)(O)F)OP(=O)(O)F. The lowest BCUT2D eigenvalue weighted by Gasteiger charge is -2.11. The lowest BCUT2D eigenvalue weighted by molar-refractivity contribution is 0.0995. The number of halogens is 2. The van der Waals surface area contributed by atoms with Crippen LogP contribution in [0.2, 0.25) is 0 Å². The van der Waals surface area contributed by atoms with Crippen molar-refractivity contribution in [2.24, 2.45) is 0 Å². The van der Waals surface area contributed by atoms with Crippen LogP contribution in [0.5, 0.6) is 0 Å². The molecule has 13 heavy (non-hydrogen) atoms. The molecule has 6 nitrogen and oxygen atoms in total. The first-order valence-electron chi connectivity index (χ1n) is 2.98. The van der Waals surface area contributed by atoms with Crippen molar-refractivity contribution in [2.45, 2.75) is 13.0 Å². The molecule has 3 unspecified atom stereocenters. The minimum absolute atomic E-state index is 0.807. The maximum absolute atomic E-state index is 11.9. The van der Waals surface area contributed by atoms with Gasteiger partial charge in [-0.1, -0.05) is 0 Å². The Bertz CT molecular complexity index is 244. The van der Waals surface area contributed by atoms with E-state index in [2.05, 4.69) is 9.05 Å². The van der Waals surface area contributed by atoms with Crippen molar-refractivity contribution in [2.75, 3.05) is 6.61 Å². The monoisotopic (exact) mass is 240 g/mol. The molecule has 0 aliphatic heterocycles. The van der Waals surface area contributed by atoms with Gasteiger partial charge in [0.2, 0.25) is 0 Å². The van der Waals surface area contributed by atoms with Gasteiger partial charge in [0.15, 0.2) is 0 Å². The average molecular weight is 240 g/mol. The van der Waals surface area contributed by atoms with Crippen LogP contribution in [0.1, 0.15) is 6.92 Å². The number of hydrogen-bond acceptors (Lipinski definition) is 4. The molecule has 0 heterocycles. The zero-order valence-corrected chi connectivity index (χ0v) is 8.25. The molecule has 0 aromatic heterocycles. The summed E-state index contributed by atoms with van der Waals surface area (Å²) in [5.41, 5.74) is 0. The van der Waals surface area contributed by atoms with Gasteiger partial charge in [0, 0.05) is 0 Å². The Labute approximate surface area is 72.8 Å². The molecule has 0 radical (unpaired) electrons. The molecule has 0 saturated heterocycles. The molecule has 10 heteroatoms. The summed E-state index contributed by atoms with van der Waals surface area (Å²) in [6, 6.07) is 0. The second-order valence-corrected chi connectivity index (χ2v) is 4.39. The quantitative estimate of drug-likeness (QED) is 0.708. The summed E-state index contributed by atoms with van der Waals surface area (Å²) in [5, 5.41) is 0. The highest BCUT2D eigenvalue weighted by Gasteiger charge is 2.25. The minimum Gasteiger partial charge on any atom is -0.299 e. The van der Waals surface area contributed by atoms with Crippen LogP contribution in [0.4, 0.5) is 8.39 Å². The smallest absolute Gasteiger partial charge is 0.299 e. The summed E-state index contributed by atoms with van der Waals surface area (Å²) >= 11 is 0. The van der Waals surface area contributed by atoms with E-state index in [9.17, 15) is 17.5 Å². The average Bonchev–Trinajstić information content (AvgIpc) is 1.78. The van der Waals surface area contributed by atoms with Crippen molar-refractivity contribution in [3.8, 4) is 0 Å². The first kappa shape index (κ1) is 13.2. The van der Waals surface area contributed by atoms with Crippen LogP contribution in [-0.2, 0) is 18.2 Å². The van der Waals surface area contributed by atoms with Crippen molar-refractivity contribution in [1.82, 2.24) is 0 Å². The molecule has 0 aliphatic rings. The summed E-state index contributed by atoms with van der Waals surface area (Å²) in [6.45, 7) is 0.261. The van der Waals surface area contributed by atoms with Crippen molar-refractivity contribution in [1.29, 1.82) is 0 Å². The van der Waals surface area contributed by atoms with Gasteiger partial charge in [-0.05, 0) is 6.92 Å². The molecule has 0 spiro atoms. The normalized spacial score (nSPS) is 23.2. The summed E-state index contributed by atoms with van der Waals surface area (Å²) in [4.78, 5) is 16.0. The van der Waals surface area contributed by atoms with Crippen LogP contribution in [0.15, 0.2) is 0 Å². The van der Waals surface area contributed by atoms with E-state index in [0.717, 1.165) is 6.92 Å². The third-order valence-electron chi connectivity index (χ3n) is 0.778. The second-order valence-electron chi connectivity index (χ2n) is 2.11. The maximum atomic E-state index is 11.9. The topological polar surface area (TPSA) is 93.1 Å². The zero-order valence-electron chi connectivity index (χ0n) is 6.46. The Kier molecular flexibility index (Phi) is 4.65. The van der Waals surface area contributed by atoms with Crippen molar-refractivity contribution in [3.63, 3.8) is 0 Å². The maximum Gasteiger partial charge on any atom is 0.510 e. The lowest BCUT2D eigenvalue weighted by Crippen LogP contribution is -2.12. The first-order chi connectivity index (χ1) is 5.60. The van der Waals surface area contributed by atoms with E-state index in [1.165, 1.54) is 0 Å². The van der Waals surface area contributed by atoms with Gasteiger partial charge in [-0.25, -0.2) is 9.13 Å². The largest absolute Gasteiger partial charge is 0.510 e. The van der Waals surface area contributed by atoms with Crippen LogP contribution < -0.4 is 0 Å². The van der Waals surface area contributed by atoms with Gasteiger partial charge in [0.25, 0.3) is 0 Å². The standard InChI is InChI=1S/C3H8F2O6P2/c1-3(11-13(5,8)9)2-10-12(4,6)7/h3H,2H2,1H3,(H,6,7)(H,8,9). The van der Waals surface area contributed by atoms with Gasteiger partial charge in [-0.15, -0.1) is 8.39 Å². The third-order valence-corrected chi connectivity index (χ3v) is 1.87. The van der Waals surface area contributed by atoms with Crippen LogP contribution in [0.3, 0.4) is 0 Å². The third kappa shape index (κ3) is 10.1. The van der Waals surface area contributed by atoms with Crippen molar-refractivity contribution >= 4 is 15.8 Å². The fraction of sp³-hybridized carbons (Fsp3) is 1.00. The van der Waals surface area contributed by atoms with Crippen LogP contribution >= 0.6 is 15.8 Å². The fourth-order valence-corrected chi connectivity index (χ4v) is 1.35. The van der Waals surface area contributed by atoms with Crippen LogP contribution in [0, 0.1) is 0 Å². The Hall–Kier alpha value is 0.160. The Balaban J connectivity index is 3.84. The highest BCUT2D eigenvalue weighted by atomic mass is 31.2. The molecular formula is C3H8F2O6P2.